The summed E-state index contributed by atoms with van der Waals surface area (Å²) in [5.74, 6) is -0.416. The van der Waals surface area contributed by atoms with Gasteiger partial charge in [0.05, 0.1) is 22.5 Å². The molecule has 2 amide bonds. The number of aryl methyl sites for hydroxylation is 1. The van der Waals surface area contributed by atoms with Crippen molar-refractivity contribution in [2.75, 3.05) is 10.6 Å². The van der Waals surface area contributed by atoms with Crippen molar-refractivity contribution < 1.29 is 18.7 Å². The maximum absolute atomic E-state index is 13.3. The Balaban J connectivity index is 1.62. The van der Waals surface area contributed by atoms with E-state index in [0.717, 1.165) is 0 Å². The third-order valence-corrected chi connectivity index (χ3v) is 4.38. The molecule has 2 aromatic carbocycles. The van der Waals surface area contributed by atoms with E-state index in [9.17, 15) is 14.0 Å². The third kappa shape index (κ3) is 3.19. The molecule has 7 heteroatoms. The minimum absolute atomic E-state index is 0.243. The van der Waals surface area contributed by atoms with Gasteiger partial charge in [-0.15, -0.1) is 0 Å². The molecule has 0 radical (unpaired) electrons. The van der Waals surface area contributed by atoms with Crippen molar-refractivity contribution in [1.29, 1.82) is 0 Å². The zero-order valence-corrected chi connectivity index (χ0v) is 14.7. The average Bonchev–Trinajstić information content (AvgIpc) is 2.62. The predicted molar refractivity (Wildman–Crippen MR) is 99.6 cm³/mol. The Bertz CT molecular complexity index is 1100. The number of amides is 2. The zero-order chi connectivity index (χ0) is 19.1. The molecule has 1 unspecified atom stereocenters. The van der Waals surface area contributed by atoms with Crippen LogP contribution >= 0.6 is 0 Å². The molecule has 2 heterocycles. The van der Waals surface area contributed by atoms with Gasteiger partial charge in [0.25, 0.3) is 11.8 Å². The molecule has 0 aliphatic carbocycles. The molecule has 1 atom stereocenters. The molecule has 1 aliphatic heterocycles. The highest BCUT2D eigenvalue weighted by Gasteiger charge is 2.24. The van der Waals surface area contributed by atoms with Crippen LogP contribution in [0.2, 0.25) is 0 Å². The summed E-state index contributed by atoms with van der Waals surface area (Å²) < 4.78 is 18.8. The van der Waals surface area contributed by atoms with Crippen molar-refractivity contribution in [3.05, 3.63) is 59.5 Å². The first-order valence-corrected chi connectivity index (χ1v) is 8.40. The summed E-state index contributed by atoms with van der Waals surface area (Å²) in [7, 11) is 0. The van der Waals surface area contributed by atoms with E-state index in [-0.39, 0.29) is 17.6 Å². The van der Waals surface area contributed by atoms with E-state index in [2.05, 4.69) is 15.6 Å². The molecule has 0 spiro atoms. The van der Waals surface area contributed by atoms with Gasteiger partial charge >= 0.3 is 0 Å². The normalized spacial score (nSPS) is 15.7. The molecule has 0 bridgehead atoms. The highest BCUT2D eigenvalue weighted by atomic mass is 19.1. The number of halogens is 1. The van der Waals surface area contributed by atoms with Crippen LogP contribution in [0.1, 0.15) is 23.0 Å². The fourth-order valence-corrected chi connectivity index (χ4v) is 2.95. The van der Waals surface area contributed by atoms with E-state index < -0.39 is 6.10 Å². The quantitative estimate of drug-likeness (QED) is 0.726. The van der Waals surface area contributed by atoms with E-state index in [0.29, 0.717) is 39.3 Å². The minimum Gasteiger partial charge on any atom is -0.479 e. The molecular weight excluding hydrogens is 349 g/mol. The summed E-state index contributed by atoms with van der Waals surface area (Å²) in [5.41, 5.74) is 2.39. The van der Waals surface area contributed by atoms with Crippen molar-refractivity contribution in [1.82, 2.24) is 4.98 Å². The van der Waals surface area contributed by atoms with Crippen LogP contribution in [-0.4, -0.2) is 22.9 Å². The highest BCUT2D eigenvalue weighted by molar-refractivity contribution is 6.07. The summed E-state index contributed by atoms with van der Waals surface area (Å²) in [6.45, 7) is 3.36. The number of carbonyl (C=O) groups is 2. The number of rotatable bonds is 2. The molecule has 0 saturated carbocycles. The number of anilines is 2. The largest absolute Gasteiger partial charge is 0.479 e. The van der Waals surface area contributed by atoms with Gasteiger partial charge in [0, 0.05) is 17.1 Å². The maximum atomic E-state index is 13.3. The summed E-state index contributed by atoms with van der Waals surface area (Å²) >= 11 is 0. The molecular formula is C20H16FN3O3. The van der Waals surface area contributed by atoms with Crippen molar-refractivity contribution in [3.63, 3.8) is 0 Å². The lowest BCUT2D eigenvalue weighted by Gasteiger charge is -2.23. The molecule has 2 N–H and O–H groups in total. The summed E-state index contributed by atoms with van der Waals surface area (Å²) in [5, 5.41) is 6.21. The lowest BCUT2D eigenvalue weighted by molar-refractivity contribution is -0.122. The molecule has 0 saturated heterocycles. The zero-order valence-electron chi connectivity index (χ0n) is 14.7. The van der Waals surface area contributed by atoms with Crippen LogP contribution in [-0.2, 0) is 4.79 Å². The molecule has 0 fully saturated rings. The second-order valence-corrected chi connectivity index (χ2v) is 6.37. The Morgan fingerprint density at radius 2 is 2.04 bits per heavy atom. The first-order chi connectivity index (χ1) is 12.9. The number of pyridine rings is 1. The monoisotopic (exact) mass is 365 g/mol. The Morgan fingerprint density at radius 3 is 2.85 bits per heavy atom. The number of hydrogen-bond acceptors (Lipinski definition) is 4. The number of benzene rings is 2. The fourth-order valence-electron chi connectivity index (χ4n) is 2.95. The van der Waals surface area contributed by atoms with E-state index in [4.69, 9.17) is 4.74 Å². The number of hydrogen-bond donors (Lipinski definition) is 2. The molecule has 1 aliphatic rings. The van der Waals surface area contributed by atoms with Crippen molar-refractivity contribution in [2.24, 2.45) is 0 Å². The van der Waals surface area contributed by atoms with Crippen LogP contribution in [0, 0.1) is 12.7 Å². The Labute approximate surface area is 154 Å². The smallest absolute Gasteiger partial charge is 0.265 e. The van der Waals surface area contributed by atoms with Crippen LogP contribution in [0.15, 0.2) is 42.5 Å². The fraction of sp³-hybridized carbons (Fsp3) is 0.150. The molecule has 3 aromatic rings. The number of aromatic nitrogens is 1. The van der Waals surface area contributed by atoms with E-state index in [1.54, 1.807) is 44.2 Å². The van der Waals surface area contributed by atoms with Gasteiger partial charge in [0.15, 0.2) is 6.10 Å². The van der Waals surface area contributed by atoms with Gasteiger partial charge < -0.3 is 15.4 Å². The van der Waals surface area contributed by atoms with Gasteiger partial charge in [-0.1, -0.05) is 0 Å². The van der Waals surface area contributed by atoms with Crippen LogP contribution < -0.4 is 15.4 Å². The molecule has 1 aromatic heterocycles. The second kappa shape index (κ2) is 6.35. The molecule has 6 nitrogen and oxygen atoms in total. The van der Waals surface area contributed by atoms with Gasteiger partial charge in [-0.2, -0.15) is 0 Å². The van der Waals surface area contributed by atoms with Crippen LogP contribution in [0.3, 0.4) is 0 Å². The van der Waals surface area contributed by atoms with E-state index in [1.807, 2.05) is 0 Å². The summed E-state index contributed by atoms with van der Waals surface area (Å²) in [6.07, 6.45) is -0.561. The number of ether oxygens (including phenoxy) is 1. The summed E-state index contributed by atoms with van der Waals surface area (Å²) in [6, 6.07) is 10.9. The van der Waals surface area contributed by atoms with Crippen molar-refractivity contribution in [3.8, 4) is 5.75 Å². The van der Waals surface area contributed by atoms with Crippen molar-refractivity contribution >= 4 is 34.1 Å². The first-order valence-electron chi connectivity index (χ1n) is 8.40. The molecule has 136 valence electrons. The van der Waals surface area contributed by atoms with Gasteiger partial charge in [-0.25, -0.2) is 4.39 Å². The van der Waals surface area contributed by atoms with Crippen molar-refractivity contribution in [2.45, 2.75) is 20.0 Å². The predicted octanol–water partition coefficient (Wildman–Crippen LogP) is 3.65. The Hall–Kier alpha value is -3.48. The topological polar surface area (TPSA) is 80.3 Å². The Kier molecular flexibility index (Phi) is 3.99. The van der Waals surface area contributed by atoms with E-state index in [1.165, 1.54) is 12.1 Å². The molecule has 4 rings (SSSR count). The lowest BCUT2D eigenvalue weighted by Crippen LogP contribution is -2.34. The second-order valence-electron chi connectivity index (χ2n) is 6.37. The number of nitrogens with zero attached hydrogens (tertiary/aromatic N) is 1. The van der Waals surface area contributed by atoms with Crippen LogP contribution in [0.5, 0.6) is 5.75 Å². The number of carbonyl (C=O) groups excluding carboxylic acids is 2. The Morgan fingerprint density at radius 1 is 1.22 bits per heavy atom. The number of fused-ring (bicyclic) bond motifs is 2. The number of nitrogens with one attached hydrogen (secondary N) is 2. The maximum Gasteiger partial charge on any atom is 0.265 e. The highest BCUT2D eigenvalue weighted by Crippen LogP contribution is 2.32. The standard InChI is InChI=1S/C20H16FN3O3/c1-10-15(7-12-3-4-13(21)8-16(12)22-10)20(26)23-14-5-6-18-17(9-14)24-19(25)11(2)27-18/h3-9,11H,1-2H3,(H,23,26)(H,24,25). The van der Waals surface area contributed by atoms with Gasteiger partial charge in [0.2, 0.25) is 0 Å². The van der Waals surface area contributed by atoms with Crippen LogP contribution in [0.4, 0.5) is 15.8 Å². The lowest BCUT2D eigenvalue weighted by atomic mass is 10.1. The average molecular weight is 365 g/mol. The first kappa shape index (κ1) is 17.0. The SMILES string of the molecule is Cc1nc2cc(F)ccc2cc1C(=O)Nc1ccc2c(c1)NC(=O)C(C)O2. The van der Waals surface area contributed by atoms with Gasteiger partial charge in [0.1, 0.15) is 11.6 Å². The molecule has 27 heavy (non-hydrogen) atoms. The van der Waals surface area contributed by atoms with E-state index >= 15 is 0 Å². The summed E-state index contributed by atoms with van der Waals surface area (Å²) in [4.78, 5) is 28.7. The van der Waals surface area contributed by atoms with Gasteiger partial charge in [-0.05, 0) is 50.2 Å². The third-order valence-electron chi connectivity index (χ3n) is 4.38. The van der Waals surface area contributed by atoms with Gasteiger partial charge in [-0.3, -0.25) is 14.6 Å². The van der Waals surface area contributed by atoms with Crippen LogP contribution in [0.25, 0.3) is 10.9 Å². The minimum atomic E-state index is -0.561.